The third-order valence-electron chi connectivity index (χ3n) is 4.20. The number of halogens is 1. The van der Waals surface area contributed by atoms with Gasteiger partial charge in [0.25, 0.3) is 0 Å². The van der Waals surface area contributed by atoms with Gasteiger partial charge < -0.3 is 10.5 Å². The smallest absolute Gasteiger partial charge is 0.141 e. The summed E-state index contributed by atoms with van der Waals surface area (Å²) < 4.78 is 7.65. The molecule has 2 heterocycles. The molecule has 0 spiro atoms. The highest BCUT2D eigenvalue weighted by molar-refractivity contribution is 6.32. The first-order valence-electron chi connectivity index (χ1n) is 7.27. The van der Waals surface area contributed by atoms with Gasteiger partial charge in [-0.15, -0.1) is 0 Å². The number of aryl methyl sites for hydroxylation is 1. The van der Waals surface area contributed by atoms with E-state index in [1.807, 2.05) is 24.0 Å². The van der Waals surface area contributed by atoms with Crippen molar-refractivity contribution in [2.75, 3.05) is 6.54 Å². The molecule has 5 heteroatoms. The zero-order valence-electron chi connectivity index (χ0n) is 12.2. The van der Waals surface area contributed by atoms with E-state index < -0.39 is 0 Å². The van der Waals surface area contributed by atoms with E-state index in [0.717, 1.165) is 39.8 Å². The van der Waals surface area contributed by atoms with Gasteiger partial charge in [0.1, 0.15) is 11.9 Å². The molecule has 1 atom stereocenters. The van der Waals surface area contributed by atoms with E-state index in [1.54, 1.807) is 0 Å². The third kappa shape index (κ3) is 2.07. The lowest BCUT2D eigenvalue weighted by atomic mass is 10.00. The Labute approximate surface area is 133 Å². The first-order valence-corrected chi connectivity index (χ1v) is 7.65. The van der Waals surface area contributed by atoms with Crippen molar-refractivity contribution in [1.82, 2.24) is 9.78 Å². The Kier molecular flexibility index (Phi) is 3.10. The molecular formula is C17H16ClN3O. The zero-order chi connectivity index (χ0) is 15.3. The highest BCUT2D eigenvalue weighted by Crippen LogP contribution is 2.39. The molecule has 1 aliphatic rings. The minimum absolute atomic E-state index is 0.0311. The highest BCUT2D eigenvalue weighted by Gasteiger charge is 2.25. The van der Waals surface area contributed by atoms with Crippen LogP contribution in [-0.4, -0.2) is 22.4 Å². The summed E-state index contributed by atoms with van der Waals surface area (Å²) >= 11 is 6.39. The van der Waals surface area contributed by atoms with Gasteiger partial charge in [-0.1, -0.05) is 17.7 Å². The molecule has 2 N–H and O–H groups in total. The maximum absolute atomic E-state index is 6.39. The van der Waals surface area contributed by atoms with Crippen molar-refractivity contribution in [2.24, 2.45) is 12.8 Å². The second-order valence-electron chi connectivity index (χ2n) is 5.67. The Hall–Kier alpha value is -2.04. The van der Waals surface area contributed by atoms with Gasteiger partial charge >= 0.3 is 0 Å². The van der Waals surface area contributed by atoms with E-state index in [-0.39, 0.29) is 6.10 Å². The summed E-state index contributed by atoms with van der Waals surface area (Å²) in [4.78, 5) is 0. The Morgan fingerprint density at radius 1 is 1.32 bits per heavy atom. The largest absolute Gasteiger partial charge is 0.487 e. The lowest BCUT2D eigenvalue weighted by Crippen LogP contribution is -2.24. The number of nitrogens with zero attached hydrogens (tertiary/aromatic N) is 2. The van der Waals surface area contributed by atoms with Gasteiger partial charge in [-0.25, -0.2) is 0 Å². The fourth-order valence-electron chi connectivity index (χ4n) is 3.03. The Bertz CT molecular complexity index is 872. The van der Waals surface area contributed by atoms with Crippen LogP contribution in [0.5, 0.6) is 5.75 Å². The zero-order valence-corrected chi connectivity index (χ0v) is 13.0. The molecule has 4 nitrogen and oxygen atoms in total. The molecule has 0 saturated heterocycles. The van der Waals surface area contributed by atoms with Gasteiger partial charge in [0.2, 0.25) is 0 Å². The molecule has 1 aromatic heterocycles. The van der Waals surface area contributed by atoms with Crippen LogP contribution in [0.2, 0.25) is 5.02 Å². The van der Waals surface area contributed by atoms with Gasteiger partial charge in [-0.2, -0.15) is 5.10 Å². The normalized spacial score (nSPS) is 16.8. The van der Waals surface area contributed by atoms with E-state index in [4.69, 9.17) is 22.1 Å². The number of benzene rings is 2. The predicted molar refractivity (Wildman–Crippen MR) is 88.3 cm³/mol. The summed E-state index contributed by atoms with van der Waals surface area (Å²) in [6.45, 7) is 0.502. The summed E-state index contributed by atoms with van der Waals surface area (Å²) in [6.07, 6.45) is 2.72. The molecule has 22 heavy (non-hydrogen) atoms. The van der Waals surface area contributed by atoms with Crippen LogP contribution in [0.4, 0.5) is 0 Å². The molecule has 112 valence electrons. The summed E-state index contributed by atoms with van der Waals surface area (Å²) in [5.41, 5.74) is 10.2. The third-order valence-corrected chi connectivity index (χ3v) is 4.48. The second kappa shape index (κ2) is 5.00. The summed E-state index contributed by atoms with van der Waals surface area (Å²) in [5.74, 6) is 0.781. The average molecular weight is 314 g/mol. The Balaban J connectivity index is 1.80. The van der Waals surface area contributed by atoms with Crippen LogP contribution in [0.3, 0.4) is 0 Å². The molecular weight excluding hydrogens is 298 g/mol. The number of hydrogen-bond donors (Lipinski definition) is 1. The number of fused-ring (bicyclic) bond motifs is 2. The van der Waals surface area contributed by atoms with Crippen molar-refractivity contribution in [1.29, 1.82) is 0 Å². The standard InChI is InChI=1S/C17H16ClN3O/c1-21-16-3-2-10(4-13(16)9-20-21)11-5-12-6-14(8-19)22-17(12)15(18)7-11/h2-5,7,9,14H,6,8,19H2,1H3/t14-/m1/s1. The predicted octanol–water partition coefficient (Wildman–Crippen LogP) is 3.16. The monoisotopic (exact) mass is 313 g/mol. The summed E-state index contributed by atoms with van der Waals surface area (Å²) in [5, 5.41) is 6.05. The first kappa shape index (κ1) is 13.6. The quantitative estimate of drug-likeness (QED) is 0.790. The lowest BCUT2D eigenvalue weighted by molar-refractivity contribution is 0.241. The molecule has 0 unspecified atom stereocenters. The number of ether oxygens (including phenoxy) is 1. The molecule has 0 fully saturated rings. The van der Waals surface area contributed by atoms with Crippen LogP contribution >= 0.6 is 11.6 Å². The van der Waals surface area contributed by atoms with Crippen molar-refractivity contribution >= 4 is 22.5 Å². The lowest BCUT2D eigenvalue weighted by Gasteiger charge is -2.09. The van der Waals surface area contributed by atoms with Crippen molar-refractivity contribution in [2.45, 2.75) is 12.5 Å². The molecule has 0 bridgehead atoms. The van der Waals surface area contributed by atoms with Crippen molar-refractivity contribution in [3.8, 4) is 16.9 Å². The van der Waals surface area contributed by atoms with Crippen molar-refractivity contribution < 1.29 is 4.74 Å². The maximum Gasteiger partial charge on any atom is 0.141 e. The van der Waals surface area contributed by atoms with Gasteiger partial charge in [0.15, 0.2) is 0 Å². The van der Waals surface area contributed by atoms with Gasteiger partial charge in [-0.05, 0) is 35.4 Å². The fourth-order valence-corrected chi connectivity index (χ4v) is 3.31. The van der Waals surface area contributed by atoms with Crippen LogP contribution in [0.1, 0.15) is 5.56 Å². The number of rotatable bonds is 2. The average Bonchev–Trinajstić information content (AvgIpc) is 3.11. The van der Waals surface area contributed by atoms with Gasteiger partial charge in [0.05, 0.1) is 16.7 Å². The number of nitrogens with two attached hydrogens (primary N) is 1. The minimum Gasteiger partial charge on any atom is -0.487 e. The maximum atomic E-state index is 6.39. The van der Waals surface area contributed by atoms with Crippen LogP contribution in [0, 0.1) is 0 Å². The van der Waals surface area contributed by atoms with Crippen LogP contribution in [0.15, 0.2) is 36.5 Å². The van der Waals surface area contributed by atoms with Crippen LogP contribution < -0.4 is 10.5 Å². The summed E-state index contributed by atoms with van der Waals surface area (Å²) in [6, 6.07) is 10.4. The number of aromatic nitrogens is 2. The SMILES string of the molecule is Cn1ncc2cc(-c3cc(Cl)c4c(c3)C[C@H](CN)O4)ccc21. The van der Waals surface area contributed by atoms with Gasteiger partial charge in [0, 0.05) is 31.0 Å². The highest BCUT2D eigenvalue weighted by atomic mass is 35.5. The molecule has 0 amide bonds. The van der Waals surface area contributed by atoms with E-state index in [1.165, 1.54) is 0 Å². The fraction of sp³-hybridized carbons (Fsp3) is 0.235. The van der Waals surface area contributed by atoms with Crippen molar-refractivity contribution in [3.05, 3.63) is 47.1 Å². The first-order chi connectivity index (χ1) is 10.7. The van der Waals surface area contributed by atoms with Gasteiger partial charge in [-0.3, -0.25) is 4.68 Å². The van der Waals surface area contributed by atoms with E-state index in [0.29, 0.717) is 11.6 Å². The number of hydrogen-bond acceptors (Lipinski definition) is 3. The topological polar surface area (TPSA) is 53.1 Å². The van der Waals surface area contributed by atoms with E-state index in [9.17, 15) is 0 Å². The molecule has 0 radical (unpaired) electrons. The minimum atomic E-state index is 0.0311. The molecule has 0 aliphatic carbocycles. The van der Waals surface area contributed by atoms with Crippen LogP contribution in [-0.2, 0) is 13.5 Å². The summed E-state index contributed by atoms with van der Waals surface area (Å²) in [7, 11) is 1.94. The molecule has 1 aliphatic heterocycles. The van der Waals surface area contributed by atoms with Crippen molar-refractivity contribution in [3.63, 3.8) is 0 Å². The second-order valence-corrected chi connectivity index (χ2v) is 6.07. The van der Waals surface area contributed by atoms with Crippen LogP contribution in [0.25, 0.3) is 22.0 Å². The molecule has 4 rings (SSSR count). The molecule has 0 saturated carbocycles. The Morgan fingerprint density at radius 2 is 2.18 bits per heavy atom. The van der Waals surface area contributed by atoms with E-state index >= 15 is 0 Å². The molecule has 3 aromatic rings. The molecule has 2 aromatic carbocycles. The van der Waals surface area contributed by atoms with E-state index in [2.05, 4.69) is 29.4 Å². The Morgan fingerprint density at radius 3 is 3.00 bits per heavy atom.